The average Bonchev–Trinajstić information content (AvgIpc) is 3.80. The molecule has 1 spiro atoms. The third-order valence-corrected chi connectivity index (χ3v) is 11.2. The van der Waals surface area contributed by atoms with Crippen molar-refractivity contribution in [3.05, 3.63) is 179 Å². The van der Waals surface area contributed by atoms with E-state index in [4.69, 9.17) is 25.8 Å². The Morgan fingerprint density at radius 1 is 0.540 bits per heavy atom. The topological polar surface area (TPSA) is 57.1 Å². The molecule has 5 nitrogen and oxygen atoms in total. The summed E-state index contributed by atoms with van der Waals surface area (Å²) in [4.78, 5) is 16.1. The zero-order chi connectivity index (χ0) is 33.7. The van der Waals surface area contributed by atoms with Crippen molar-refractivity contribution in [1.82, 2.24) is 15.0 Å². The molecule has 2 aromatic heterocycles. The quantitative estimate of drug-likeness (QED) is 0.189. The summed E-state index contributed by atoms with van der Waals surface area (Å²) in [5.41, 5.74) is 7.13. The van der Waals surface area contributed by atoms with Gasteiger partial charge >= 0.3 is 0 Å². The van der Waals surface area contributed by atoms with Crippen molar-refractivity contribution in [2.75, 3.05) is 0 Å². The molecular formula is C44H25N3O2S. The molecule has 1 atom stereocenters. The van der Waals surface area contributed by atoms with Crippen molar-refractivity contribution in [3.8, 4) is 56.8 Å². The van der Waals surface area contributed by atoms with Crippen LogP contribution in [0.15, 0.2) is 157 Å². The molecule has 234 valence electrons. The van der Waals surface area contributed by atoms with Crippen LogP contribution in [0.3, 0.4) is 0 Å². The fourth-order valence-corrected chi connectivity index (χ4v) is 9.18. The van der Waals surface area contributed by atoms with Crippen LogP contribution in [0, 0.1) is 0 Å². The molecule has 0 saturated carbocycles. The van der Waals surface area contributed by atoms with Gasteiger partial charge in [0.2, 0.25) is 0 Å². The van der Waals surface area contributed by atoms with Crippen LogP contribution in [0.1, 0.15) is 22.9 Å². The number of nitrogens with zero attached hydrogens (tertiary/aromatic N) is 3. The van der Waals surface area contributed by atoms with Crippen molar-refractivity contribution in [2.45, 2.75) is 5.41 Å². The van der Waals surface area contributed by atoms with Crippen LogP contribution in [0.25, 0.3) is 61.1 Å². The SMILES string of the molecule is [2H]c1ccc2c(c1)-c1cc(-c3nc(-c4ccccc4)nc(-c4ccccc4)n3)ccc1C21C2=C(Oc3ccccc3O2)c2c1sc1ccccc21. The third-order valence-electron chi connectivity index (χ3n) is 9.92. The molecule has 3 heterocycles. The van der Waals surface area contributed by atoms with Gasteiger partial charge in [-0.1, -0.05) is 127 Å². The van der Waals surface area contributed by atoms with Crippen molar-refractivity contribution >= 4 is 27.2 Å². The largest absolute Gasteiger partial charge is 0.452 e. The molecule has 0 saturated heterocycles. The first-order valence-corrected chi connectivity index (χ1v) is 17.3. The molecule has 50 heavy (non-hydrogen) atoms. The van der Waals surface area contributed by atoms with E-state index in [1.807, 2.05) is 97.1 Å². The van der Waals surface area contributed by atoms with Crippen LogP contribution in [0.2, 0.25) is 0 Å². The van der Waals surface area contributed by atoms with E-state index in [2.05, 4.69) is 48.5 Å². The molecule has 2 aliphatic carbocycles. The van der Waals surface area contributed by atoms with E-state index in [1.165, 1.54) is 4.70 Å². The zero-order valence-electron chi connectivity index (χ0n) is 27.4. The molecule has 0 radical (unpaired) electrons. The first-order valence-electron chi connectivity index (χ1n) is 17.0. The van der Waals surface area contributed by atoms with Gasteiger partial charge in [-0.25, -0.2) is 15.0 Å². The van der Waals surface area contributed by atoms with Gasteiger partial charge in [-0.15, -0.1) is 11.3 Å². The maximum atomic E-state index is 8.74. The molecule has 0 fully saturated rings. The monoisotopic (exact) mass is 660 g/mol. The van der Waals surface area contributed by atoms with Gasteiger partial charge in [0.1, 0.15) is 5.41 Å². The molecule has 3 aliphatic rings. The lowest BCUT2D eigenvalue weighted by Gasteiger charge is -2.32. The fraction of sp³-hybridized carbons (Fsp3) is 0.0227. The lowest BCUT2D eigenvalue weighted by atomic mass is 9.76. The summed E-state index contributed by atoms with van der Waals surface area (Å²) in [5.74, 6) is 4.69. The number of ether oxygens (including phenoxy) is 2. The van der Waals surface area contributed by atoms with Crippen LogP contribution >= 0.6 is 11.3 Å². The van der Waals surface area contributed by atoms with E-state index in [9.17, 15) is 0 Å². The first kappa shape index (κ1) is 26.6. The first-order chi connectivity index (χ1) is 25.2. The van der Waals surface area contributed by atoms with Crippen LogP contribution in [0.4, 0.5) is 0 Å². The Labute approximate surface area is 293 Å². The second-order valence-electron chi connectivity index (χ2n) is 12.6. The molecule has 0 bridgehead atoms. The van der Waals surface area contributed by atoms with Crippen molar-refractivity contribution < 1.29 is 10.8 Å². The summed E-state index contributed by atoms with van der Waals surface area (Å²) in [6, 6.07) is 49.2. The minimum Gasteiger partial charge on any atom is -0.452 e. The van der Waals surface area contributed by atoms with Gasteiger partial charge in [-0.2, -0.15) is 0 Å². The summed E-state index contributed by atoms with van der Waals surface area (Å²) >= 11 is 1.78. The Balaban J connectivity index is 1.18. The summed E-state index contributed by atoms with van der Waals surface area (Å²) < 4.78 is 23.7. The normalized spacial score (nSPS) is 16.6. The number of fused-ring (bicyclic) bond motifs is 12. The van der Waals surface area contributed by atoms with E-state index in [1.54, 1.807) is 11.3 Å². The highest BCUT2D eigenvalue weighted by atomic mass is 32.1. The van der Waals surface area contributed by atoms with Gasteiger partial charge in [0, 0.05) is 37.2 Å². The number of rotatable bonds is 3. The number of benzene rings is 6. The molecular weight excluding hydrogens is 635 g/mol. The molecule has 6 aromatic carbocycles. The maximum absolute atomic E-state index is 8.74. The highest BCUT2D eigenvalue weighted by molar-refractivity contribution is 7.19. The number of aromatic nitrogens is 3. The highest BCUT2D eigenvalue weighted by Crippen LogP contribution is 2.66. The highest BCUT2D eigenvalue weighted by Gasteiger charge is 2.58. The lowest BCUT2D eigenvalue weighted by Crippen LogP contribution is -2.30. The Kier molecular flexibility index (Phi) is 5.48. The molecule has 6 heteroatoms. The number of thiophene rings is 1. The summed E-state index contributed by atoms with van der Waals surface area (Å²) in [6.07, 6.45) is 0. The van der Waals surface area contributed by atoms with Gasteiger partial charge in [-0.05, 0) is 46.5 Å². The Morgan fingerprint density at radius 2 is 1.16 bits per heavy atom. The summed E-state index contributed by atoms with van der Waals surface area (Å²) in [5, 5.41) is 1.14. The van der Waals surface area contributed by atoms with E-state index < -0.39 is 5.41 Å². The maximum Gasteiger partial charge on any atom is 0.176 e. The van der Waals surface area contributed by atoms with Crippen LogP contribution in [-0.2, 0) is 5.41 Å². The van der Waals surface area contributed by atoms with E-state index in [0.717, 1.165) is 66.3 Å². The molecule has 0 N–H and O–H groups in total. The molecule has 8 aromatic rings. The molecule has 1 aliphatic heterocycles. The van der Waals surface area contributed by atoms with Gasteiger partial charge in [-0.3, -0.25) is 0 Å². The predicted octanol–water partition coefficient (Wildman–Crippen LogP) is 10.6. The van der Waals surface area contributed by atoms with Gasteiger partial charge in [0.05, 0.1) is 1.37 Å². The second kappa shape index (κ2) is 10.3. The second-order valence-corrected chi connectivity index (χ2v) is 13.7. The Morgan fingerprint density at radius 3 is 1.90 bits per heavy atom. The number of hydrogen-bond donors (Lipinski definition) is 0. The lowest BCUT2D eigenvalue weighted by molar-refractivity contribution is 0.317. The van der Waals surface area contributed by atoms with Crippen molar-refractivity contribution in [1.29, 1.82) is 0 Å². The summed E-state index contributed by atoms with van der Waals surface area (Å²) in [6.45, 7) is 0. The van der Waals surface area contributed by atoms with Crippen LogP contribution in [-0.4, -0.2) is 15.0 Å². The minimum atomic E-state index is -0.776. The fourth-order valence-electron chi connectivity index (χ4n) is 7.77. The van der Waals surface area contributed by atoms with E-state index in [-0.39, 0.29) is 0 Å². The zero-order valence-corrected chi connectivity index (χ0v) is 27.2. The molecule has 11 rings (SSSR count). The Bertz CT molecular complexity index is 2720. The standard InChI is InChI=1S/C44H25N3O2S/c1-3-13-26(14-4-1)41-45-42(27-15-5-2-6-16-27)47-43(46-41)28-23-24-33-31(25-28)29-17-7-9-19-32(29)44(33)39-38(48-34-20-10-11-21-35(34)49-39)37-30-18-8-12-22-36(30)50-40(37)44/h1-25H/i7D. The van der Waals surface area contributed by atoms with Crippen LogP contribution in [0.5, 0.6) is 11.5 Å². The van der Waals surface area contributed by atoms with Crippen molar-refractivity contribution in [2.24, 2.45) is 0 Å². The molecule has 1 unspecified atom stereocenters. The number of allylic oxidation sites excluding steroid dienone is 1. The van der Waals surface area contributed by atoms with Crippen LogP contribution < -0.4 is 9.47 Å². The minimum absolute atomic E-state index is 0.440. The van der Waals surface area contributed by atoms with E-state index >= 15 is 0 Å². The molecule has 0 amide bonds. The van der Waals surface area contributed by atoms with E-state index in [0.29, 0.717) is 35.0 Å². The number of hydrogen-bond acceptors (Lipinski definition) is 6. The Hall–Kier alpha value is -6.37. The smallest absolute Gasteiger partial charge is 0.176 e. The summed E-state index contributed by atoms with van der Waals surface area (Å²) in [7, 11) is 0. The third kappa shape index (κ3) is 3.74. The average molecular weight is 661 g/mol. The number of para-hydroxylation sites is 2. The predicted molar refractivity (Wildman–Crippen MR) is 198 cm³/mol. The van der Waals surface area contributed by atoms with Gasteiger partial charge in [0.25, 0.3) is 0 Å². The van der Waals surface area contributed by atoms with Crippen molar-refractivity contribution in [3.63, 3.8) is 0 Å². The van der Waals surface area contributed by atoms with Gasteiger partial charge < -0.3 is 9.47 Å². The van der Waals surface area contributed by atoms with Gasteiger partial charge in [0.15, 0.2) is 40.5 Å².